The molecule has 1 aromatic heterocycles. The number of amides is 3. The third-order valence-corrected chi connectivity index (χ3v) is 5.91. The van der Waals surface area contributed by atoms with Gasteiger partial charge in [0.15, 0.2) is 6.61 Å². The summed E-state index contributed by atoms with van der Waals surface area (Å²) in [6.45, 7) is 1.65. The van der Waals surface area contributed by atoms with Gasteiger partial charge in [0.2, 0.25) is 0 Å². The number of anilines is 1. The van der Waals surface area contributed by atoms with E-state index in [2.05, 4.69) is 15.8 Å². The molecule has 10 nitrogen and oxygen atoms in total. The van der Waals surface area contributed by atoms with Crippen LogP contribution in [0, 0.1) is 0 Å². The minimum atomic E-state index is -0.992. The molecular weight excluding hydrogens is 448 g/mol. The number of hydrogen-bond acceptors (Lipinski definition) is 8. The number of nitrogens with one attached hydrogen (secondary N) is 2. The van der Waals surface area contributed by atoms with Crippen LogP contribution in [0.5, 0.6) is 5.75 Å². The first kappa shape index (κ1) is 23.9. The monoisotopic (exact) mass is 472 g/mol. The van der Waals surface area contributed by atoms with Crippen LogP contribution in [0.4, 0.5) is 5.00 Å². The zero-order valence-corrected chi connectivity index (χ0v) is 18.8. The minimum Gasteiger partial charge on any atom is -0.484 e. The van der Waals surface area contributed by atoms with Crippen molar-refractivity contribution in [2.45, 2.75) is 32.6 Å². The molecule has 1 aliphatic rings. The number of esters is 1. The number of hydrazone groups is 1. The molecule has 0 fully saturated rings. The molecule has 0 saturated carbocycles. The van der Waals surface area contributed by atoms with Gasteiger partial charge in [0.25, 0.3) is 5.91 Å². The Hall–Kier alpha value is -3.73. The lowest BCUT2D eigenvalue weighted by atomic mass is 9.95. The van der Waals surface area contributed by atoms with Crippen LogP contribution in [0.1, 0.15) is 46.1 Å². The molecule has 0 spiro atoms. The number of hydrogen-bond donors (Lipinski definition) is 3. The number of carbonyl (C=O) groups excluding carboxylic acids is 4. The number of carbonyl (C=O) groups is 4. The van der Waals surface area contributed by atoms with Gasteiger partial charge in [-0.1, -0.05) is 12.1 Å². The highest BCUT2D eigenvalue weighted by Gasteiger charge is 2.28. The van der Waals surface area contributed by atoms with Gasteiger partial charge in [-0.05, 0) is 55.9 Å². The van der Waals surface area contributed by atoms with Crippen LogP contribution in [0.2, 0.25) is 0 Å². The first-order valence-corrected chi connectivity index (χ1v) is 11.2. The maximum absolute atomic E-state index is 12.5. The van der Waals surface area contributed by atoms with Crippen molar-refractivity contribution in [3.63, 3.8) is 0 Å². The van der Waals surface area contributed by atoms with Gasteiger partial charge in [0, 0.05) is 4.88 Å². The number of fused-ring (bicyclic) bond motifs is 1. The Kier molecular flexibility index (Phi) is 8.14. The van der Waals surface area contributed by atoms with E-state index < -0.39 is 23.7 Å². The van der Waals surface area contributed by atoms with Crippen molar-refractivity contribution in [2.24, 2.45) is 10.8 Å². The van der Waals surface area contributed by atoms with Crippen molar-refractivity contribution in [1.82, 2.24) is 5.43 Å². The molecule has 11 heteroatoms. The highest BCUT2D eigenvalue weighted by atomic mass is 32.1. The molecular formula is C22H24N4O6S. The Morgan fingerprint density at radius 3 is 2.73 bits per heavy atom. The summed E-state index contributed by atoms with van der Waals surface area (Å²) in [5.41, 5.74) is 8.97. The number of primary amides is 1. The van der Waals surface area contributed by atoms with Gasteiger partial charge in [-0.15, -0.1) is 11.3 Å². The van der Waals surface area contributed by atoms with Crippen molar-refractivity contribution in [2.75, 3.05) is 18.5 Å². The quantitative estimate of drug-likeness (QED) is 0.231. The molecule has 0 atom stereocenters. The van der Waals surface area contributed by atoms with E-state index in [9.17, 15) is 19.2 Å². The van der Waals surface area contributed by atoms with E-state index >= 15 is 0 Å². The standard InChI is InChI=1S/C22H24N4O6S/c1-2-31-22(30)18-15-8-3-4-9-16(15)33-21(18)25-19(28)20(29)26-24-11-13-6-5-7-14(10-13)32-12-17(23)27/h5-7,10-11H,2-4,8-9,12H2,1H3,(H2,23,27)(H,25,28)(H,26,29). The van der Waals surface area contributed by atoms with E-state index in [4.69, 9.17) is 15.2 Å². The molecule has 0 radical (unpaired) electrons. The van der Waals surface area contributed by atoms with Gasteiger partial charge in [-0.25, -0.2) is 10.2 Å². The van der Waals surface area contributed by atoms with Crippen molar-refractivity contribution in [3.8, 4) is 5.75 Å². The smallest absolute Gasteiger partial charge is 0.341 e. The van der Waals surface area contributed by atoms with Crippen LogP contribution in [0.3, 0.4) is 0 Å². The number of nitrogens with two attached hydrogens (primary N) is 1. The van der Waals surface area contributed by atoms with E-state index in [0.717, 1.165) is 36.1 Å². The Bertz CT molecular complexity index is 1090. The van der Waals surface area contributed by atoms with Crippen molar-refractivity contribution < 1.29 is 28.7 Å². The number of rotatable bonds is 8. The summed E-state index contributed by atoms with van der Waals surface area (Å²) >= 11 is 1.29. The lowest BCUT2D eigenvalue weighted by Crippen LogP contribution is -2.32. The van der Waals surface area contributed by atoms with Crippen LogP contribution in [0.25, 0.3) is 0 Å². The first-order valence-electron chi connectivity index (χ1n) is 10.4. The van der Waals surface area contributed by atoms with Crippen LogP contribution in [-0.2, 0) is 32.0 Å². The van der Waals surface area contributed by atoms with Crippen LogP contribution in [-0.4, -0.2) is 43.1 Å². The predicted octanol–water partition coefficient (Wildman–Crippen LogP) is 1.76. The number of thiophene rings is 1. The fourth-order valence-electron chi connectivity index (χ4n) is 3.29. The summed E-state index contributed by atoms with van der Waals surface area (Å²) in [5.74, 6) is -2.66. The third kappa shape index (κ3) is 6.39. The highest BCUT2D eigenvalue weighted by Crippen LogP contribution is 2.38. The molecule has 0 bridgehead atoms. The molecule has 3 amide bonds. The van der Waals surface area contributed by atoms with Gasteiger partial charge in [0.1, 0.15) is 10.8 Å². The van der Waals surface area contributed by atoms with Gasteiger partial charge >= 0.3 is 17.8 Å². The lowest BCUT2D eigenvalue weighted by Gasteiger charge is -2.12. The molecule has 33 heavy (non-hydrogen) atoms. The Labute approximate surface area is 194 Å². The van der Waals surface area contributed by atoms with Gasteiger partial charge in [-0.2, -0.15) is 5.10 Å². The summed E-state index contributed by atoms with van der Waals surface area (Å²) < 4.78 is 10.3. The predicted molar refractivity (Wildman–Crippen MR) is 122 cm³/mol. The van der Waals surface area contributed by atoms with Gasteiger partial charge < -0.3 is 20.5 Å². The molecule has 3 rings (SSSR count). The molecule has 1 aromatic carbocycles. The number of aryl methyl sites for hydroxylation is 1. The first-order chi connectivity index (χ1) is 15.9. The summed E-state index contributed by atoms with van der Waals surface area (Å²) in [5, 5.41) is 6.60. The SMILES string of the molecule is CCOC(=O)c1c(NC(=O)C(=O)NN=Cc2cccc(OCC(N)=O)c2)sc2c1CCCC2. The van der Waals surface area contributed by atoms with Crippen molar-refractivity contribution in [3.05, 3.63) is 45.8 Å². The lowest BCUT2D eigenvalue weighted by molar-refractivity contribution is -0.136. The summed E-state index contributed by atoms with van der Waals surface area (Å²) in [7, 11) is 0. The summed E-state index contributed by atoms with van der Waals surface area (Å²) in [6.07, 6.45) is 4.83. The van der Waals surface area contributed by atoms with E-state index in [1.165, 1.54) is 17.6 Å². The number of nitrogens with zero attached hydrogens (tertiary/aromatic N) is 1. The van der Waals surface area contributed by atoms with Crippen LogP contribution >= 0.6 is 11.3 Å². The average Bonchev–Trinajstić information content (AvgIpc) is 3.16. The topological polar surface area (TPSA) is 149 Å². The zero-order valence-electron chi connectivity index (χ0n) is 18.0. The summed E-state index contributed by atoms with van der Waals surface area (Å²) in [4.78, 5) is 48.9. The van der Waals surface area contributed by atoms with Crippen LogP contribution in [0.15, 0.2) is 29.4 Å². The normalized spacial score (nSPS) is 12.6. The van der Waals surface area contributed by atoms with E-state index in [-0.39, 0.29) is 13.2 Å². The maximum Gasteiger partial charge on any atom is 0.341 e. The minimum absolute atomic E-state index is 0.209. The Morgan fingerprint density at radius 2 is 1.97 bits per heavy atom. The number of benzene rings is 1. The molecule has 4 N–H and O–H groups in total. The van der Waals surface area contributed by atoms with Gasteiger partial charge in [-0.3, -0.25) is 14.4 Å². The second-order valence-corrected chi connectivity index (χ2v) is 8.22. The molecule has 0 aliphatic heterocycles. The van der Waals surface area contributed by atoms with E-state index in [0.29, 0.717) is 21.9 Å². The third-order valence-electron chi connectivity index (χ3n) is 4.70. The van der Waals surface area contributed by atoms with Gasteiger partial charge in [0.05, 0.1) is 18.4 Å². The van der Waals surface area contributed by atoms with E-state index in [1.54, 1.807) is 31.2 Å². The second-order valence-electron chi connectivity index (χ2n) is 7.12. The Balaban J connectivity index is 1.64. The Morgan fingerprint density at radius 1 is 1.18 bits per heavy atom. The van der Waals surface area contributed by atoms with Crippen molar-refractivity contribution >= 4 is 46.2 Å². The molecule has 1 aliphatic carbocycles. The maximum atomic E-state index is 12.5. The molecule has 1 heterocycles. The molecule has 2 aromatic rings. The molecule has 0 saturated heterocycles. The van der Waals surface area contributed by atoms with Crippen LogP contribution < -0.4 is 21.2 Å². The zero-order chi connectivity index (χ0) is 23.8. The van der Waals surface area contributed by atoms with E-state index in [1.807, 2.05) is 0 Å². The fraction of sp³-hybridized carbons (Fsp3) is 0.318. The molecule has 0 unspecified atom stereocenters. The fourth-order valence-corrected chi connectivity index (χ4v) is 4.56. The second kappa shape index (κ2) is 11.2. The highest BCUT2D eigenvalue weighted by molar-refractivity contribution is 7.17. The average molecular weight is 473 g/mol. The summed E-state index contributed by atoms with van der Waals surface area (Å²) in [6, 6.07) is 6.57. The molecule has 174 valence electrons. The van der Waals surface area contributed by atoms with Crippen molar-refractivity contribution in [1.29, 1.82) is 0 Å². The number of ether oxygens (including phenoxy) is 2. The largest absolute Gasteiger partial charge is 0.484 e.